The summed E-state index contributed by atoms with van der Waals surface area (Å²) >= 11 is 0. The van der Waals surface area contributed by atoms with E-state index >= 15 is 0 Å². The number of aliphatic hydroxyl groups is 1. The number of esters is 1. The van der Waals surface area contributed by atoms with Gasteiger partial charge in [0.1, 0.15) is 24.1 Å². The fourth-order valence-electron chi connectivity index (χ4n) is 4.03. The number of halogens is 1. The van der Waals surface area contributed by atoms with Gasteiger partial charge in [-0.1, -0.05) is 36.8 Å². The maximum Gasteiger partial charge on any atom is 0.339 e. The van der Waals surface area contributed by atoms with E-state index in [0.29, 0.717) is 12.0 Å². The first-order chi connectivity index (χ1) is 14.0. The van der Waals surface area contributed by atoms with Crippen LogP contribution in [0.15, 0.2) is 30.1 Å². The monoisotopic (exact) mass is 418 g/mol. The van der Waals surface area contributed by atoms with Crippen LogP contribution in [0.2, 0.25) is 0 Å². The van der Waals surface area contributed by atoms with Gasteiger partial charge in [-0.15, -0.1) is 0 Å². The number of carbonyl (C=O) groups is 1. The van der Waals surface area contributed by atoms with Gasteiger partial charge in [-0.05, 0) is 58.2 Å². The molecule has 0 aliphatic carbocycles. The lowest BCUT2D eigenvalue weighted by Gasteiger charge is -2.23. The van der Waals surface area contributed by atoms with Gasteiger partial charge >= 0.3 is 5.97 Å². The molecule has 1 aromatic rings. The summed E-state index contributed by atoms with van der Waals surface area (Å²) in [5.74, 6) is -2.53. The zero-order valence-electron chi connectivity index (χ0n) is 18.4. The summed E-state index contributed by atoms with van der Waals surface area (Å²) < 4.78 is 32.2. The SMILES string of the molecule is Cc1cc(C)c2c(c1)/C=C/C[C@@H]1OC(C)(C)OC1C(O)/C(F)=C\[C@@H](C)[C@H](C)OC2=O. The molecule has 0 saturated carbocycles. The molecule has 2 unspecified atom stereocenters. The minimum atomic E-state index is -1.46. The van der Waals surface area contributed by atoms with Gasteiger partial charge in [0.05, 0.1) is 11.7 Å². The highest BCUT2D eigenvalue weighted by atomic mass is 19.1. The third kappa shape index (κ3) is 4.82. The Bertz CT molecular complexity index is 873. The van der Waals surface area contributed by atoms with Crippen molar-refractivity contribution in [1.29, 1.82) is 0 Å². The molecule has 1 N–H and O–H groups in total. The van der Waals surface area contributed by atoms with Crippen LogP contribution in [0, 0.1) is 19.8 Å². The van der Waals surface area contributed by atoms with Crippen LogP contribution in [0.25, 0.3) is 6.08 Å². The van der Waals surface area contributed by atoms with Crippen LogP contribution in [0.4, 0.5) is 4.39 Å². The molecule has 1 aromatic carbocycles. The van der Waals surface area contributed by atoms with E-state index in [1.165, 1.54) is 6.08 Å². The zero-order valence-corrected chi connectivity index (χ0v) is 18.4. The van der Waals surface area contributed by atoms with Gasteiger partial charge in [-0.2, -0.15) is 0 Å². The lowest BCUT2D eigenvalue weighted by Crippen LogP contribution is -2.36. The van der Waals surface area contributed by atoms with Gasteiger partial charge in [-0.25, -0.2) is 9.18 Å². The lowest BCUT2D eigenvalue weighted by molar-refractivity contribution is -0.153. The van der Waals surface area contributed by atoms with Crippen LogP contribution in [-0.2, 0) is 14.2 Å². The lowest BCUT2D eigenvalue weighted by atomic mass is 9.96. The number of aryl methyl sites for hydroxylation is 2. The first-order valence-electron chi connectivity index (χ1n) is 10.4. The van der Waals surface area contributed by atoms with Crippen molar-refractivity contribution in [3.05, 3.63) is 52.4 Å². The Morgan fingerprint density at radius 1 is 1.17 bits per heavy atom. The van der Waals surface area contributed by atoms with Crippen LogP contribution in [0.5, 0.6) is 0 Å². The minimum Gasteiger partial charge on any atom is -0.458 e. The number of ether oxygens (including phenoxy) is 3. The molecular formula is C24H31FO5. The quantitative estimate of drug-likeness (QED) is 0.622. The van der Waals surface area contributed by atoms with E-state index in [2.05, 4.69) is 0 Å². The second kappa shape index (κ2) is 8.61. The van der Waals surface area contributed by atoms with Crippen molar-refractivity contribution >= 4 is 12.0 Å². The first-order valence-corrected chi connectivity index (χ1v) is 10.4. The number of fused-ring (bicyclic) bond motifs is 2. The average molecular weight is 419 g/mol. The summed E-state index contributed by atoms with van der Waals surface area (Å²) in [5.41, 5.74) is 3.11. The molecule has 0 aromatic heterocycles. The summed E-state index contributed by atoms with van der Waals surface area (Å²) in [4.78, 5) is 12.9. The Hall–Kier alpha value is -2.02. The number of aliphatic hydroxyl groups excluding tert-OH is 1. The number of benzene rings is 1. The molecule has 2 aliphatic heterocycles. The van der Waals surface area contributed by atoms with E-state index in [1.54, 1.807) is 27.7 Å². The second-order valence-corrected chi connectivity index (χ2v) is 8.79. The van der Waals surface area contributed by atoms with Gasteiger partial charge in [0.15, 0.2) is 5.79 Å². The predicted molar refractivity (Wildman–Crippen MR) is 113 cm³/mol. The normalized spacial score (nSPS) is 34.7. The molecule has 164 valence electrons. The summed E-state index contributed by atoms with van der Waals surface area (Å²) in [6, 6.07) is 3.87. The van der Waals surface area contributed by atoms with Gasteiger partial charge in [0, 0.05) is 5.92 Å². The molecule has 3 rings (SSSR count). The molecule has 5 atom stereocenters. The standard InChI is InChI=1S/C24H31FO5/c1-13-10-15(3)20-17(11-13)8-7-9-19-22(30-24(5,6)29-19)21(26)18(25)12-14(2)16(4)28-23(20)27/h7-8,10-12,14,16,19,21-22,26H,9H2,1-6H3/b8-7+,18-12+/t14-,16+,19+,21?,22?/m1/s1. The van der Waals surface area contributed by atoms with Crippen LogP contribution < -0.4 is 0 Å². The Kier molecular flexibility index (Phi) is 6.51. The molecule has 1 fully saturated rings. The van der Waals surface area contributed by atoms with E-state index in [9.17, 15) is 14.3 Å². The third-order valence-corrected chi connectivity index (χ3v) is 5.65. The van der Waals surface area contributed by atoms with Gasteiger partial charge in [0.2, 0.25) is 0 Å². The number of hydrogen-bond acceptors (Lipinski definition) is 5. The molecule has 0 amide bonds. The fraction of sp³-hybridized carbons (Fsp3) is 0.542. The van der Waals surface area contributed by atoms with Crippen molar-refractivity contribution in [2.75, 3.05) is 0 Å². The maximum atomic E-state index is 14.8. The van der Waals surface area contributed by atoms with Crippen molar-refractivity contribution in [2.24, 2.45) is 5.92 Å². The van der Waals surface area contributed by atoms with E-state index in [1.807, 2.05) is 38.1 Å². The molecule has 6 heteroatoms. The largest absolute Gasteiger partial charge is 0.458 e. The molecular weight excluding hydrogens is 387 g/mol. The molecule has 0 spiro atoms. The molecule has 5 nitrogen and oxygen atoms in total. The van der Waals surface area contributed by atoms with Crippen LogP contribution >= 0.6 is 0 Å². The highest BCUT2D eigenvalue weighted by Crippen LogP contribution is 2.35. The summed E-state index contributed by atoms with van der Waals surface area (Å²) in [5, 5.41) is 10.6. The van der Waals surface area contributed by atoms with Crippen LogP contribution in [-0.4, -0.2) is 41.3 Å². The number of cyclic esters (lactones) is 1. The zero-order chi connectivity index (χ0) is 22.2. The Balaban J connectivity index is 2.06. The summed E-state index contributed by atoms with van der Waals surface area (Å²) in [6.07, 6.45) is 1.99. The maximum absolute atomic E-state index is 14.8. The van der Waals surface area contributed by atoms with Gasteiger partial charge in [-0.3, -0.25) is 0 Å². The molecule has 1 saturated heterocycles. The molecule has 0 radical (unpaired) electrons. The smallest absolute Gasteiger partial charge is 0.339 e. The molecule has 2 heterocycles. The summed E-state index contributed by atoms with van der Waals surface area (Å²) in [7, 11) is 0. The molecule has 30 heavy (non-hydrogen) atoms. The van der Waals surface area contributed by atoms with E-state index in [-0.39, 0.29) is 0 Å². The van der Waals surface area contributed by atoms with Gasteiger partial charge in [0.25, 0.3) is 0 Å². The van der Waals surface area contributed by atoms with Crippen molar-refractivity contribution < 1.29 is 28.5 Å². The number of rotatable bonds is 0. The number of carbonyl (C=O) groups excluding carboxylic acids is 1. The van der Waals surface area contributed by atoms with E-state index in [4.69, 9.17) is 14.2 Å². The fourth-order valence-corrected chi connectivity index (χ4v) is 4.03. The van der Waals surface area contributed by atoms with Crippen molar-refractivity contribution in [3.8, 4) is 0 Å². The van der Waals surface area contributed by atoms with Crippen LogP contribution in [0.3, 0.4) is 0 Å². The van der Waals surface area contributed by atoms with Crippen molar-refractivity contribution in [3.63, 3.8) is 0 Å². The second-order valence-electron chi connectivity index (χ2n) is 8.79. The van der Waals surface area contributed by atoms with Crippen molar-refractivity contribution in [1.82, 2.24) is 0 Å². The predicted octanol–water partition coefficient (Wildman–Crippen LogP) is 4.64. The Morgan fingerprint density at radius 3 is 2.57 bits per heavy atom. The van der Waals surface area contributed by atoms with Crippen LogP contribution in [0.1, 0.15) is 61.2 Å². The van der Waals surface area contributed by atoms with Gasteiger partial charge < -0.3 is 19.3 Å². The molecule has 0 bridgehead atoms. The van der Waals surface area contributed by atoms with Crippen molar-refractivity contribution in [2.45, 2.75) is 78.2 Å². The first kappa shape index (κ1) is 22.7. The van der Waals surface area contributed by atoms with E-state index < -0.39 is 47.9 Å². The highest BCUT2D eigenvalue weighted by Gasteiger charge is 2.45. The Morgan fingerprint density at radius 2 is 1.87 bits per heavy atom. The molecule has 2 aliphatic rings. The highest BCUT2D eigenvalue weighted by molar-refractivity contribution is 5.95. The topological polar surface area (TPSA) is 65.0 Å². The van der Waals surface area contributed by atoms with E-state index in [0.717, 1.165) is 16.7 Å². The third-order valence-electron chi connectivity index (χ3n) is 5.65. The Labute approximate surface area is 177 Å². The summed E-state index contributed by atoms with van der Waals surface area (Å²) in [6.45, 7) is 10.8. The average Bonchev–Trinajstić information content (AvgIpc) is 2.94. The number of hydrogen-bond donors (Lipinski definition) is 1. The minimum absolute atomic E-state index is 0.395.